The first kappa shape index (κ1) is 31.6. The van der Waals surface area contributed by atoms with Crippen LogP contribution in [-0.2, 0) is 4.79 Å². The van der Waals surface area contributed by atoms with Crippen LogP contribution in [0.5, 0.6) is 0 Å². The number of carbonyl (C=O) groups is 1. The minimum Gasteiger partial charge on any atom is -0.393 e. The number of likely N-dealkylation sites (N-methyl/N-ethyl adjacent to an activating group) is 1. The van der Waals surface area contributed by atoms with E-state index in [1.807, 2.05) is 0 Å². The second kappa shape index (κ2) is 10.9. The van der Waals surface area contributed by atoms with E-state index in [1.54, 1.807) is 0 Å². The fourth-order valence-corrected chi connectivity index (χ4v) is 11.9. The number of allylic oxidation sites excluding steroid dienone is 1. The number of hydrogen-bond donors (Lipinski definition) is 1. The van der Waals surface area contributed by atoms with Crippen LogP contribution in [0.3, 0.4) is 0 Å². The number of amides is 1. The average Bonchev–Trinajstić information content (AvgIpc) is 3.38. The van der Waals surface area contributed by atoms with E-state index in [4.69, 9.17) is 0 Å². The number of hydrogen-bond acceptors (Lipinski definition) is 3. The molecule has 9 atom stereocenters. The molecule has 1 aliphatic heterocycles. The molecule has 4 saturated carbocycles. The third-order valence-corrected chi connectivity index (χ3v) is 15.3. The summed E-state index contributed by atoms with van der Waals surface area (Å²) in [7, 11) is 0. The van der Waals surface area contributed by atoms with Crippen LogP contribution in [0, 0.1) is 50.7 Å². The van der Waals surface area contributed by atoms with E-state index in [0.717, 1.165) is 71.2 Å². The van der Waals surface area contributed by atoms with E-state index in [9.17, 15) is 9.90 Å². The van der Waals surface area contributed by atoms with Gasteiger partial charge in [0, 0.05) is 31.6 Å². The zero-order chi connectivity index (χ0) is 30.0. The van der Waals surface area contributed by atoms with Gasteiger partial charge >= 0.3 is 0 Å². The minimum atomic E-state index is -0.220. The Bertz CT molecular complexity index is 999. The highest BCUT2D eigenvalue weighted by Gasteiger charge is 2.66. The maximum Gasteiger partial charge on any atom is 0.228 e. The van der Waals surface area contributed by atoms with Gasteiger partial charge in [0.15, 0.2) is 0 Å². The second-order valence-corrected chi connectivity index (χ2v) is 17.1. The Labute approximate surface area is 253 Å². The summed E-state index contributed by atoms with van der Waals surface area (Å²) in [6.45, 7) is 28.8. The first-order valence-corrected chi connectivity index (χ1v) is 17.5. The van der Waals surface area contributed by atoms with Crippen molar-refractivity contribution < 1.29 is 9.90 Å². The van der Waals surface area contributed by atoms with Crippen molar-refractivity contribution in [1.29, 1.82) is 0 Å². The Balaban J connectivity index is 1.42. The summed E-state index contributed by atoms with van der Waals surface area (Å²) in [6, 6.07) is 0. The van der Waals surface area contributed by atoms with E-state index in [-0.39, 0.29) is 27.8 Å². The third-order valence-electron chi connectivity index (χ3n) is 15.3. The predicted octanol–water partition coefficient (Wildman–Crippen LogP) is 7.95. The van der Waals surface area contributed by atoms with E-state index in [2.05, 4.69) is 71.8 Å². The van der Waals surface area contributed by atoms with Crippen molar-refractivity contribution in [2.24, 2.45) is 50.7 Å². The summed E-state index contributed by atoms with van der Waals surface area (Å²) < 4.78 is 0. The van der Waals surface area contributed by atoms with Crippen molar-refractivity contribution in [1.82, 2.24) is 9.80 Å². The summed E-state index contributed by atoms with van der Waals surface area (Å²) in [5.41, 5.74) is 1.84. The van der Waals surface area contributed by atoms with E-state index < -0.39 is 0 Å². The van der Waals surface area contributed by atoms with Crippen LogP contribution in [-0.4, -0.2) is 59.6 Å². The normalized spacial score (nSPS) is 46.6. The van der Waals surface area contributed by atoms with Gasteiger partial charge in [0.2, 0.25) is 5.91 Å². The molecule has 0 unspecified atom stereocenters. The molecule has 5 fully saturated rings. The molecule has 0 aromatic carbocycles. The third kappa shape index (κ3) is 4.88. The highest BCUT2D eigenvalue weighted by molar-refractivity contribution is 5.83. The summed E-state index contributed by atoms with van der Waals surface area (Å²) in [5, 5.41) is 11.0. The van der Waals surface area contributed by atoms with Gasteiger partial charge in [0.05, 0.1) is 6.10 Å². The lowest BCUT2D eigenvalue weighted by Crippen LogP contribution is -2.64. The van der Waals surface area contributed by atoms with Crippen LogP contribution >= 0.6 is 0 Å². The average molecular weight is 569 g/mol. The number of aliphatic hydroxyl groups excluding tert-OH is 1. The molecule has 0 aromatic heterocycles. The molecule has 5 rings (SSSR count). The van der Waals surface area contributed by atoms with Crippen LogP contribution in [0.1, 0.15) is 126 Å². The van der Waals surface area contributed by atoms with Gasteiger partial charge in [-0.3, -0.25) is 4.79 Å². The molecule has 1 heterocycles. The molecule has 0 radical (unpaired) electrons. The number of aliphatic hydroxyl groups is 1. The quantitative estimate of drug-likeness (QED) is 0.331. The Morgan fingerprint density at radius 2 is 1.56 bits per heavy atom. The van der Waals surface area contributed by atoms with Crippen molar-refractivity contribution in [2.75, 3.05) is 32.7 Å². The van der Waals surface area contributed by atoms with E-state index >= 15 is 0 Å². The molecule has 41 heavy (non-hydrogen) atoms. The zero-order valence-corrected chi connectivity index (χ0v) is 28.2. The van der Waals surface area contributed by atoms with E-state index in [0.29, 0.717) is 35.0 Å². The SMILES string of the molecule is C=C(C)[C@@H]1CC[C@@](CC[C@]2(C)[C@@H](C)CC[C@@H]3[C@@]4(C)CC[C@H](O)C(C)(C)[C@@H]4CC[C@]32C)(C(=O)N2CCN(CC)CC2)C1. The zero-order valence-electron chi connectivity index (χ0n) is 28.2. The molecule has 5 aliphatic rings. The van der Waals surface area contributed by atoms with Crippen molar-refractivity contribution in [3.63, 3.8) is 0 Å². The van der Waals surface area contributed by atoms with Gasteiger partial charge in [0.25, 0.3) is 0 Å². The predicted molar refractivity (Wildman–Crippen MR) is 170 cm³/mol. The van der Waals surface area contributed by atoms with E-state index in [1.165, 1.54) is 37.7 Å². The van der Waals surface area contributed by atoms with Crippen LogP contribution in [0.25, 0.3) is 0 Å². The summed E-state index contributed by atoms with van der Waals surface area (Å²) in [5.74, 6) is 2.91. The fourth-order valence-electron chi connectivity index (χ4n) is 11.9. The van der Waals surface area contributed by atoms with Crippen LogP contribution < -0.4 is 0 Å². The van der Waals surface area contributed by atoms with Gasteiger partial charge in [-0.2, -0.15) is 0 Å². The molecule has 1 amide bonds. The van der Waals surface area contributed by atoms with Gasteiger partial charge in [-0.05, 0) is 129 Å². The lowest BCUT2D eigenvalue weighted by Gasteiger charge is -2.70. The van der Waals surface area contributed by atoms with Gasteiger partial charge in [-0.25, -0.2) is 0 Å². The first-order chi connectivity index (χ1) is 19.1. The molecule has 1 saturated heterocycles. The monoisotopic (exact) mass is 568 g/mol. The van der Waals surface area contributed by atoms with Gasteiger partial charge in [-0.1, -0.05) is 60.6 Å². The number of nitrogens with zero attached hydrogens (tertiary/aromatic N) is 2. The molecule has 4 aliphatic carbocycles. The highest BCUT2D eigenvalue weighted by atomic mass is 16.3. The largest absolute Gasteiger partial charge is 0.393 e. The van der Waals surface area contributed by atoms with Gasteiger partial charge in [0.1, 0.15) is 0 Å². The standard InChI is InChI=1S/C37H64N2O2/c1-10-38-21-23-39(24-22-38)32(41)37(18-13-28(25-37)26(2)3)20-19-35(8)27(4)11-12-30-34(7)16-15-31(40)33(5,6)29(34)14-17-36(30,35)9/h27-31,40H,2,10-25H2,1,3-9H3/t27-,28+,29-,30+,31-,34-,35+,36+,37-/m0/s1. The van der Waals surface area contributed by atoms with Crippen molar-refractivity contribution >= 4 is 5.91 Å². The second-order valence-electron chi connectivity index (χ2n) is 17.1. The molecule has 234 valence electrons. The molecule has 0 aromatic rings. The molecule has 4 heteroatoms. The maximum atomic E-state index is 14.5. The van der Waals surface area contributed by atoms with Crippen molar-refractivity contribution in [3.05, 3.63) is 12.2 Å². The number of rotatable bonds is 6. The fraction of sp³-hybridized carbons (Fsp3) is 0.919. The molecule has 0 spiro atoms. The van der Waals surface area contributed by atoms with Crippen LogP contribution in [0.15, 0.2) is 12.2 Å². The van der Waals surface area contributed by atoms with Crippen molar-refractivity contribution in [2.45, 2.75) is 132 Å². The molecular formula is C37H64N2O2. The Morgan fingerprint density at radius 3 is 2.17 bits per heavy atom. The molecule has 4 nitrogen and oxygen atoms in total. The van der Waals surface area contributed by atoms with Crippen molar-refractivity contribution in [3.8, 4) is 0 Å². The van der Waals surface area contributed by atoms with Gasteiger partial charge < -0.3 is 14.9 Å². The molecule has 0 bridgehead atoms. The smallest absolute Gasteiger partial charge is 0.228 e. The number of piperazine rings is 1. The summed E-state index contributed by atoms with van der Waals surface area (Å²) in [4.78, 5) is 19.2. The lowest BCUT2D eigenvalue weighted by atomic mass is 9.35. The van der Waals surface area contributed by atoms with Crippen LogP contribution in [0.4, 0.5) is 0 Å². The summed E-state index contributed by atoms with van der Waals surface area (Å²) >= 11 is 0. The maximum absolute atomic E-state index is 14.5. The lowest BCUT2D eigenvalue weighted by molar-refractivity contribution is -0.225. The first-order valence-electron chi connectivity index (χ1n) is 17.5. The van der Waals surface area contributed by atoms with Crippen LogP contribution in [0.2, 0.25) is 0 Å². The Morgan fingerprint density at radius 1 is 0.878 bits per heavy atom. The molecule has 1 N–H and O–H groups in total. The minimum absolute atomic E-state index is 0.00647. The Kier molecular flexibility index (Phi) is 8.41. The Hall–Kier alpha value is -0.870. The number of carbonyl (C=O) groups excluding carboxylic acids is 1. The number of fused-ring (bicyclic) bond motifs is 3. The topological polar surface area (TPSA) is 43.8 Å². The van der Waals surface area contributed by atoms with Gasteiger partial charge in [-0.15, -0.1) is 0 Å². The summed E-state index contributed by atoms with van der Waals surface area (Å²) in [6.07, 6.45) is 12.4. The molecular weight excluding hydrogens is 504 g/mol. The highest BCUT2D eigenvalue weighted by Crippen LogP contribution is 2.73.